The van der Waals surface area contributed by atoms with Gasteiger partial charge in [-0.15, -0.1) is 0 Å². The van der Waals surface area contributed by atoms with Crippen LogP contribution in [0.4, 0.5) is 17.4 Å². The Kier molecular flexibility index (Phi) is 6.70. The second-order valence-electron chi connectivity index (χ2n) is 7.57. The number of anilines is 3. The highest BCUT2D eigenvalue weighted by Crippen LogP contribution is 2.25. The molecular weight excluding hydrogens is 402 g/mol. The number of nitrogens with zero attached hydrogens (tertiary/aromatic N) is 1. The number of hydrogen-bond acceptors (Lipinski definition) is 5. The van der Waals surface area contributed by atoms with Crippen LogP contribution in [0.5, 0.6) is 5.75 Å². The SMILES string of the molecule is CCCC(Oc1ccccc1)C(=O)Nc1ccc2oc(Nc3ccc(CC)cc3)nc2c1. The maximum atomic E-state index is 12.8. The highest BCUT2D eigenvalue weighted by Gasteiger charge is 2.20. The Hall–Kier alpha value is -3.80. The summed E-state index contributed by atoms with van der Waals surface area (Å²) in [6.07, 6.45) is 1.88. The topological polar surface area (TPSA) is 76.4 Å². The van der Waals surface area contributed by atoms with Crippen molar-refractivity contribution in [1.82, 2.24) is 4.98 Å². The van der Waals surface area contributed by atoms with E-state index in [0.717, 1.165) is 18.5 Å². The third kappa shape index (κ3) is 5.27. The first kappa shape index (κ1) is 21.4. The largest absolute Gasteiger partial charge is 0.481 e. The van der Waals surface area contributed by atoms with Crippen LogP contribution < -0.4 is 15.4 Å². The van der Waals surface area contributed by atoms with Crippen LogP contribution in [0.25, 0.3) is 11.1 Å². The molecule has 3 aromatic carbocycles. The number of aryl methyl sites for hydroxylation is 1. The highest BCUT2D eigenvalue weighted by molar-refractivity contribution is 5.96. The predicted octanol–water partition coefficient (Wildman–Crippen LogP) is 6.32. The van der Waals surface area contributed by atoms with E-state index in [0.29, 0.717) is 35.0 Å². The van der Waals surface area contributed by atoms with E-state index in [1.807, 2.05) is 49.4 Å². The second-order valence-corrected chi connectivity index (χ2v) is 7.57. The molecule has 0 aliphatic rings. The van der Waals surface area contributed by atoms with Crippen molar-refractivity contribution in [3.05, 3.63) is 78.4 Å². The summed E-state index contributed by atoms with van der Waals surface area (Å²) in [4.78, 5) is 17.4. The molecule has 4 rings (SSSR count). The van der Waals surface area contributed by atoms with E-state index in [9.17, 15) is 4.79 Å². The molecule has 1 aromatic heterocycles. The third-order valence-electron chi connectivity index (χ3n) is 5.13. The summed E-state index contributed by atoms with van der Waals surface area (Å²) in [6.45, 7) is 4.15. The Balaban J connectivity index is 1.45. The molecule has 0 saturated carbocycles. The number of carbonyl (C=O) groups is 1. The minimum atomic E-state index is -0.571. The van der Waals surface area contributed by atoms with Crippen molar-refractivity contribution < 1.29 is 13.9 Å². The number of amides is 1. The van der Waals surface area contributed by atoms with E-state index in [1.165, 1.54) is 5.56 Å². The summed E-state index contributed by atoms with van der Waals surface area (Å²) in [5, 5.41) is 6.13. The molecule has 1 heterocycles. The van der Waals surface area contributed by atoms with Gasteiger partial charge in [0.05, 0.1) is 0 Å². The number of oxazole rings is 1. The Morgan fingerprint density at radius 2 is 1.75 bits per heavy atom. The highest BCUT2D eigenvalue weighted by atomic mass is 16.5. The number of nitrogens with one attached hydrogen (secondary N) is 2. The zero-order valence-corrected chi connectivity index (χ0v) is 18.3. The molecule has 1 unspecified atom stereocenters. The van der Waals surface area contributed by atoms with Crippen molar-refractivity contribution >= 4 is 34.4 Å². The summed E-state index contributed by atoms with van der Waals surface area (Å²) in [7, 11) is 0. The van der Waals surface area contributed by atoms with Crippen molar-refractivity contribution in [3.8, 4) is 5.75 Å². The zero-order chi connectivity index (χ0) is 22.3. The molecule has 1 amide bonds. The fourth-order valence-corrected chi connectivity index (χ4v) is 3.40. The van der Waals surface area contributed by atoms with Crippen molar-refractivity contribution in [2.24, 2.45) is 0 Å². The number of fused-ring (bicyclic) bond motifs is 1. The lowest BCUT2D eigenvalue weighted by Crippen LogP contribution is -2.32. The summed E-state index contributed by atoms with van der Waals surface area (Å²) < 4.78 is 11.7. The van der Waals surface area contributed by atoms with Crippen LogP contribution in [0.2, 0.25) is 0 Å². The number of ether oxygens (including phenoxy) is 1. The predicted molar refractivity (Wildman–Crippen MR) is 128 cm³/mol. The summed E-state index contributed by atoms with van der Waals surface area (Å²) >= 11 is 0. The molecule has 4 aromatic rings. The standard InChI is InChI=1S/C26H27N3O3/c1-3-8-24(31-21-9-6-5-7-10-21)25(30)27-20-15-16-23-22(17-20)29-26(32-23)28-19-13-11-18(4-2)12-14-19/h5-7,9-17,24H,3-4,8H2,1-2H3,(H,27,30)(H,28,29). The molecule has 6 heteroatoms. The molecule has 0 radical (unpaired) electrons. The van der Waals surface area contributed by atoms with Crippen molar-refractivity contribution in [2.45, 2.75) is 39.2 Å². The lowest BCUT2D eigenvalue weighted by atomic mass is 10.1. The average molecular weight is 430 g/mol. The average Bonchev–Trinajstić information content (AvgIpc) is 3.21. The lowest BCUT2D eigenvalue weighted by molar-refractivity contribution is -0.123. The molecule has 6 nitrogen and oxygen atoms in total. The second kappa shape index (κ2) is 10.0. The third-order valence-corrected chi connectivity index (χ3v) is 5.13. The van der Waals surface area contributed by atoms with Gasteiger partial charge in [-0.1, -0.05) is 50.6 Å². The summed E-state index contributed by atoms with van der Waals surface area (Å²) in [5.74, 6) is 0.489. The first-order valence-electron chi connectivity index (χ1n) is 10.9. The molecule has 0 fully saturated rings. The number of aromatic nitrogens is 1. The van der Waals surface area contributed by atoms with Crippen molar-refractivity contribution in [3.63, 3.8) is 0 Å². The van der Waals surface area contributed by atoms with Crippen molar-refractivity contribution in [1.29, 1.82) is 0 Å². The van der Waals surface area contributed by atoms with Crippen LogP contribution in [-0.4, -0.2) is 17.0 Å². The molecule has 164 valence electrons. The molecule has 1 atom stereocenters. The maximum Gasteiger partial charge on any atom is 0.300 e. The number of hydrogen-bond donors (Lipinski definition) is 2. The van der Waals surface area contributed by atoms with Gasteiger partial charge < -0.3 is 19.8 Å². The van der Waals surface area contributed by atoms with E-state index in [4.69, 9.17) is 9.15 Å². The number of benzene rings is 3. The summed E-state index contributed by atoms with van der Waals surface area (Å²) in [6, 6.07) is 23.3. The van der Waals surface area contributed by atoms with Crippen LogP contribution >= 0.6 is 0 Å². The van der Waals surface area contributed by atoms with E-state index < -0.39 is 6.10 Å². The van der Waals surface area contributed by atoms with Gasteiger partial charge in [-0.05, 0) is 60.9 Å². The number of para-hydroxylation sites is 1. The van der Waals surface area contributed by atoms with Gasteiger partial charge in [-0.25, -0.2) is 0 Å². The van der Waals surface area contributed by atoms with Gasteiger partial charge >= 0.3 is 0 Å². The van der Waals surface area contributed by atoms with Crippen LogP contribution in [-0.2, 0) is 11.2 Å². The Labute approximate surface area is 187 Å². The fourth-order valence-electron chi connectivity index (χ4n) is 3.40. The van der Waals surface area contributed by atoms with E-state index in [-0.39, 0.29) is 5.91 Å². The van der Waals surface area contributed by atoms with Gasteiger partial charge in [0.2, 0.25) is 0 Å². The maximum absolute atomic E-state index is 12.8. The molecule has 2 N–H and O–H groups in total. The van der Waals surface area contributed by atoms with Gasteiger partial charge in [-0.3, -0.25) is 4.79 Å². The molecule has 0 aliphatic heterocycles. The van der Waals surface area contributed by atoms with E-state index in [1.54, 1.807) is 18.2 Å². The van der Waals surface area contributed by atoms with Gasteiger partial charge in [0.25, 0.3) is 11.9 Å². The smallest absolute Gasteiger partial charge is 0.300 e. The van der Waals surface area contributed by atoms with Gasteiger partial charge in [0.1, 0.15) is 11.3 Å². The molecule has 0 spiro atoms. The van der Waals surface area contributed by atoms with Gasteiger partial charge in [0.15, 0.2) is 11.7 Å². The summed E-state index contributed by atoms with van der Waals surface area (Å²) in [5.41, 5.74) is 4.12. The quantitative estimate of drug-likeness (QED) is 0.326. The van der Waals surface area contributed by atoms with Crippen LogP contribution in [0, 0.1) is 0 Å². The molecule has 0 saturated heterocycles. The number of carbonyl (C=O) groups excluding carboxylic acids is 1. The molecule has 0 bridgehead atoms. The number of rotatable bonds is 9. The van der Waals surface area contributed by atoms with Gasteiger partial charge in [0, 0.05) is 11.4 Å². The molecular formula is C26H27N3O3. The van der Waals surface area contributed by atoms with Crippen molar-refractivity contribution in [2.75, 3.05) is 10.6 Å². The van der Waals surface area contributed by atoms with Crippen LogP contribution in [0.15, 0.2) is 77.2 Å². The monoisotopic (exact) mass is 429 g/mol. The van der Waals surface area contributed by atoms with E-state index >= 15 is 0 Å². The Morgan fingerprint density at radius 3 is 2.47 bits per heavy atom. The minimum Gasteiger partial charge on any atom is -0.481 e. The normalized spacial score (nSPS) is 11.8. The Bertz CT molecular complexity index is 1170. The zero-order valence-electron chi connectivity index (χ0n) is 18.3. The lowest BCUT2D eigenvalue weighted by Gasteiger charge is -2.18. The first-order chi connectivity index (χ1) is 15.6. The van der Waals surface area contributed by atoms with E-state index in [2.05, 4.69) is 34.7 Å². The van der Waals surface area contributed by atoms with Crippen LogP contribution in [0.1, 0.15) is 32.3 Å². The minimum absolute atomic E-state index is 0.187. The first-order valence-corrected chi connectivity index (χ1v) is 10.9. The Morgan fingerprint density at radius 1 is 1.00 bits per heavy atom. The molecule has 32 heavy (non-hydrogen) atoms. The molecule has 0 aliphatic carbocycles. The van der Waals surface area contributed by atoms with Gasteiger partial charge in [-0.2, -0.15) is 4.98 Å². The van der Waals surface area contributed by atoms with Crippen LogP contribution in [0.3, 0.4) is 0 Å². The fraction of sp³-hybridized carbons (Fsp3) is 0.231.